The standard InChI is InChI=1S/C32H31N3O2S2/c1-22(2)18-19-37-28-16-14-25(15-17-28)30-26(21-34(33-30)27-12-8-5-9-13-27)20-29-31(36)35(32(38)39-29)23(3)24-10-6-4-7-11-24/h4-17,20-23H,18-19H2,1-3H3. The largest absolute Gasteiger partial charge is 0.494 e. The number of benzene rings is 3. The van der Waals surface area contributed by atoms with Crippen molar-refractivity contribution in [1.82, 2.24) is 14.7 Å². The van der Waals surface area contributed by atoms with E-state index in [-0.39, 0.29) is 11.9 Å². The molecule has 3 aromatic carbocycles. The minimum atomic E-state index is -0.153. The molecule has 198 valence electrons. The summed E-state index contributed by atoms with van der Waals surface area (Å²) in [6.07, 6.45) is 4.88. The maximum absolute atomic E-state index is 13.6. The normalized spacial score (nSPS) is 15.4. The van der Waals surface area contributed by atoms with Crippen LogP contribution in [0.3, 0.4) is 0 Å². The minimum Gasteiger partial charge on any atom is -0.494 e. The maximum Gasteiger partial charge on any atom is 0.266 e. The average Bonchev–Trinajstić information content (AvgIpc) is 3.49. The SMILES string of the molecule is CC(C)CCOc1ccc(-c2nn(-c3ccccc3)cc2C=C2SC(=S)N(C(C)c3ccccc3)C2=O)cc1. The number of para-hydroxylation sites is 1. The van der Waals surface area contributed by atoms with Gasteiger partial charge in [-0.2, -0.15) is 5.10 Å². The first-order valence-corrected chi connectivity index (χ1v) is 14.3. The van der Waals surface area contributed by atoms with Gasteiger partial charge in [-0.25, -0.2) is 4.68 Å². The summed E-state index contributed by atoms with van der Waals surface area (Å²) in [7, 11) is 0. The highest BCUT2D eigenvalue weighted by molar-refractivity contribution is 8.26. The molecule has 1 aromatic heterocycles. The molecule has 0 saturated carbocycles. The second-order valence-corrected chi connectivity index (χ2v) is 11.6. The van der Waals surface area contributed by atoms with Crippen molar-refractivity contribution in [2.45, 2.75) is 33.2 Å². The zero-order chi connectivity index (χ0) is 27.4. The molecule has 0 spiro atoms. The van der Waals surface area contributed by atoms with Gasteiger partial charge in [0, 0.05) is 17.3 Å². The van der Waals surface area contributed by atoms with E-state index in [1.165, 1.54) is 11.8 Å². The van der Waals surface area contributed by atoms with Gasteiger partial charge < -0.3 is 4.74 Å². The molecule has 7 heteroatoms. The highest BCUT2D eigenvalue weighted by Crippen LogP contribution is 2.39. The van der Waals surface area contributed by atoms with Crippen molar-refractivity contribution in [3.8, 4) is 22.7 Å². The van der Waals surface area contributed by atoms with Gasteiger partial charge in [-0.15, -0.1) is 0 Å². The molecule has 0 N–H and O–H groups in total. The van der Waals surface area contributed by atoms with Gasteiger partial charge in [-0.3, -0.25) is 9.69 Å². The zero-order valence-corrected chi connectivity index (χ0v) is 23.9. The summed E-state index contributed by atoms with van der Waals surface area (Å²) in [5.74, 6) is 1.34. The molecule has 0 aliphatic carbocycles. The molecule has 1 unspecified atom stereocenters. The summed E-state index contributed by atoms with van der Waals surface area (Å²) in [5, 5.41) is 4.92. The van der Waals surface area contributed by atoms with Crippen LogP contribution >= 0.6 is 24.0 Å². The number of rotatable bonds is 9. The molecule has 1 fully saturated rings. The number of nitrogens with zero attached hydrogens (tertiary/aromatic N) is 3. The Kier molecular flexibility index (Phi) is 8.29. The molecular formula is C32H31N3O2S2. The van der Waals surface area contributed by atoms with E-state index in [4.69, 9.17) is 22.1 Å². The van der Waals surface area contributed by atoms with Gasteiger partial charge in [0.15, 0.2) is 0 Å². The average molecular weight is 554 g/mol. The lowest BCUT2D eigenvalue weighted by molar-refractivity contribution is -0.123. The number of aromatic nitrogens is 2. The summed E-state index contributed by atoms with van der Waals surface area (Å²) in [6, 6.07) is 27.7. The Labute approximate surface area is 239 Å². The molecule has 5 rings (SSSR count). The van der Waals surface area contributed by atoms with Crippen LogP contribution in [0, 0.1) is 5.92 Å². The molecule has 1 atom stereocenters. The van der Waals surface area contributed by atoms with Gasteiger partial charge in [-0.05, 0) is 67.3 Å². The number of thiocarbonyl (C=S) groups is 1. The minimum absolute atomic E-state index is 0.0892. The van der Waals surface area contributed by atoms with Gasteiger partial charge in [0.1, 0.15) is 10.1 Å². The number of amides is 1. The summed E-state index contributed by atoms with van der Waals surface area (Å²) < 4.78 is 8.32. The van der Waals surface area contributed by atoms with Crippen LogP contribution in [0.2, 0.25) is 0 Å². The molecular weight excluding hydrogens is 523 g/mol. The molecule has 1 aliphatic rings. The first kappa shape index (κ1) is 26.9. The summed E-state index contributed by atoms with van der Waals surface area (Å²) in [4.78, 5) is 15.8. The third-order valence-electron chi connectivity index (χ3n) is 6.63. The fraction of sp³-hybridized carbons (Fsp3) is 0.219. The number of thioether (sulfide) groups is 1. The van der Waals surface area contributed by atoms with E-state index < -0.39 is 0 Å². The fourth-order valence-corrected chi connectivity index (χ4v) is 5.80. The molecule has 1 amide bonds. The van der Waals surface area contributed by atoms with E-state index in [1.807, 2.05) is 109 Å². The Hall–Kier alpha value is -3.68. The van der Waals surface area contributed by atoms with Crippen LogP contribution in [0.25, 0.3) is 23.0 Å². The quantitative estimate of drug-likeness (QED) is 0.156. The lowest BCUT2D eigenvalue weighted by atomic mass is 10.1. The van der Waals surface area contributed by atoms with Crippen LogP contribution in [0.5, 0.6) is 5.75 Å². The number of carbonyl (C=O) groups is 1. The summed E-state index contributed by atoms with van der Waals surface area (Å²) >= 11 is 6.99. The van der Waals surface area contributed by atoms with Crippen molar-refractivity contribution in [2.75, 3.05) is 6.61 Å². The van der Waals surface area contributed by atoms with Crippen LogP contribution in [0.4, 0.5) is 0 Å². The van der Waals surface area contributed by atoms with E-state index in [1.54, 1.807) is 4.90 Å². The van der Waals surface area contributed by atoms with Crippen molar-refractivity contribution in [1.29, 1.82) is 0 Å². The Morgan fingerprint density at radius 1 is 0.949 bits per heavy atom. The smallest absolute Gasteiger partial charge is 0.266 e. The van der Waals surface area contributed by atoms with Crippen molar-refractivity contribution in [2.24, 2.45) is 5.92 Å². The summed E-state index contributed by atoms with van der Waals surface area (Å²) in [5.41, 5.74) is 4.56. The predicted octanol–water partition coefficient (Wildman–Crippen LogP) is 7.93. The van der Waals surface area contributed by atoms with Gasteiger partial charge in [0.05, 0.1) is 28.9 Å². The second kappa shape index (κ2) is 12.0. The third-order valence-corrected chi connectivity index (χ3v) is 7.96. The van der Waals surface area contributed by atoms with Gasteiger partial charge in [0.25, 0.3) is 5.91 Å². The predicted molar refractivity (Wildman–Crippen MR) is 164 cm³/mol. The highest BCUT2D eigenvalue weighted by atomic mass is 32.2. The van der Waals surface area contributed by atoms with Crippen molar-refractivity contribution < 1.29 is 9.53 Å². The third kappa shape index (κ3) is 6.15. The summed E-state index contributed by atoms with van der Waals surface area (Å²) in [6.45, 7) is 7.07. The highest BCUT2D eigenvalue weighted by Gasteiger charge is 2.36. The number of hydrogen-bond donors (Lipinski definition) is 0. The van der Waals surface area contributed by atoms with Crippen LogP contribution < -0.4 is 4.74 Å². The fourth-order valence-electron chi connectivity index (χ4n) is 4.39. The lowest BCUT2D eigenvalue weighted by Gasteiger charge is -2.23. The van der Waals surface area contributed by atoms with Crippen LogP contribution in [-0.4, -0.2) is 31.5 Å². The molecule has 1 saturated heterocycles. The number of carbonyl (C=O) groups excluding carboxylic acids is 1. The van der Waals surface area contributed by atoms with E-state index in [9.17, 15) is 4.79 Å². The first-order chi connectivity index (χ1) is 18.9. The Bertz CT molecular complexity index is 1480. The van der Waals surface area contributed by atoms with Crippen molar-refractivity contribution in [3.63, 3.8) is 0 Å². The van der Waals surface area contributed by atoms with Crippen LogP contribution in [0.1, 0.15) is 44.4 Å². The number of ether oxygens (including phenoxy) is 1. The van der Waals surface area contributed by atoms with E-state index >= 15 is 0 Å². The van der Waals surface area contributed by atoms with Crippen molar-refractivity contribution in [3.05, 3.63) is 107 Å². The van der Waals surface area contributed by atoms with Gasteiger partial charge >= 0.3 is 0 Å². The molecule has 0 radical (unpaired) electrons. The molecule has 2 heterocycles. The Balaban J connectivity index is 1.47. The monoisotopic (exact) mass is 553 g/mol. The molecule has 5 nitrogen and oxygen atoms in total. The second-order valence-electron chi connectivity index (χ2n) is 9.91. The first-order valence-electron chi connectivity index (χ1n) is 13.1. The van der Waals surface area contributed by atoms with E-state index in [0.29, 0.717) is 21.8 Å². The van der Waals surface area contributed by atoms with Crippen molar-refractivity contribution >= 4 is 40.3 Å². The Morgan fingerprint density at radius 3 is 2.28 bits per heavy atom. The molecule has 4 aromatic rings. The van der Waals surface area contributed by atoms with Gasteiger partial charge in [-0.1, -0.05) is 86.4 Å². The Morgan fingerprint density at radius 2 is 1.62 bits per heavy atom. The van der Waals surface area contributed by atoms with Gasteiger partial charge in [0.2, 0.25) is 0 Å². The maximum atomic E-state index is 13.6. The van der Waals surface area contributed by atoms with Crippen LogP contribution in [-0.2, 0) is 4.79 Å². The lowest BCUT2D eigenvalue weighted by Crippen LogP contribution is -2.30. The molecule has 1 aliphatic heterocycles. The van der Waals surface area contributed by atoms with E-state index in [2.05, 4.69) is 13.8 Å². The molecule has 39 heavy (non-hydrogen) atoms. The van der Waals surface area contributed by atoms with E-state index in [0.717, 1.165) is 40.2 Å². The number of hydrogen-bond acceptors (Lipinski definition) is 5. The topological polar surface area (TPSA) is 47.4 Å². The molecule has 0 bridgehead atoms. The van der Waals surface area contributed by atoms with Crippen LogP contribution in [0.15, 0.2) is 96.0 Å². The zero-order valence-electron chi connectivity index (χ0n) is 22.3.